The Morgan fingerprint density at radius 2 is 1.60 bits per heavy atom. The normalized spacial score (nSPS) is 15.4. The van der Waals surface area contributed by atoms with E-state index in [1.807, 2.05) is 18.2 Å². The minimum absolute atomic E-state index is 0.151. The maximum atomic E-state index is 12.9. The first-order valence-corrected chi connectivity index (χ1v) is 11.6. The van der Waals surface area contributed by atoms with Crippen LogP contribution in [0, 0.1) is 13.8 Å². The van der Waals surface area contributed by atoms with E-state index in [0.29, 0.717) is 26.2 Å². The van der Waals surface area contributed by atoms with Crippen molar-refractivity contribution in [2.75, 3.05) is 31.1 Å². The molecule has 0 radical (unpaired) electrons. The van der Waals surface area contributed by atoms with Crippen molar-refractivity contribution in [1.82, 2.24) is 14.5 Å². The van der Waals surface area contributed by atoms with Gasteiger partial charge in [-0.2, -0.15) is 4.31 Å². The third-order valence-corrected chi connectivity index (χ3v) is 7.87. The monoisotopic (exact) mass is 442 g/mol. The van der Waals surface area contributed by atoms with Gasteiger partial charge in [-0.3, -0.25) is 0 Å². The number of piperazine rings is 1. The molecule has 30 heavy (non-hydrogen) atoms. The largest absolute Gasteiger partial charge is 0.352 e. The Morgan fingerprint density at radius 1 is 0.867 bits per heavy atom. The predicted molar refractivity (Wildman–Crippen MR) is 119 cm³/mol. The molecular weight excluding hydrogens is 420 g/mol. The Bertz CT molecular complexity index is 1160. The standard InChI is InChI=1S/C22H23ClN4O2S/c1-16-7-8-18(15-17(16)2)20-9-10-22(25-24-20)26-11-13-27(14-12-26)30(28,29)21-6-4-3-5-19(21)23/h3-10,15H,11-14H2,1-2H3. The van der Waals surface area contributed by atoms with Gasteiger partial charge in [0.2, 0.25) is 10.0 Å². The number of hydrogen-bond acceptors (Lipinski definition) is 5. The fourth-order valence-corrected chi connectivity index (χ4v) is 5.41. The number of nitrogens with zero attached hydrogens (tertiary/aromatic N) is 4. The van der Waals surface area contributed by atoms with Crippen LogP contribution in [-0.4, -0.2) is 49.1 Å². The Hall–Kier alpha value is -2.48. The lowest BCUT2D eigenvalue weighted by molar-refractivity contribution is 0.383. The van der Waals surface area contributed by atoms with E-state index in [2.05, 4.69) is 41.1 Å². The van der Waals surface area contributed by atoms with Gasteiger partial charge in [0, 0.05) is 31.7 Å². The highest BCUT2D eigenvalue weighted by molar-refractivity contribution is 7.89. The third kappa shape index (κ3) is 4.05. The second-order valence-electron chi connectivity index (χ2n) is 7.40. The number of benzene rings is 2. The Kier molecular flexibility index (Phi) is 5.77. The van der Waals surface area contributed by atoms with Crippen molar-refractivity contribution >= 4 is 27.4 Å². The molecule has 0 atom stereocenters. The second kappa shape index (κ2) is 8.34. The molecule has 1 aromatic heterocycles. The average Bonchev–Trinajstić information content (AvgIpc) is 2.76. The van der Waals surface area contributed by atoms with Crippen LogP contribution in [0.2, 0.25) is 5.02 Å². The maximum absolute atomic E-state index is 12.9. The molecule has 1 saturated heterocycles. The summed E-state index contributed by atoms with van der Waals surface area (Å²) in [6.45, 7) is 5.99. The van der Waals surface area contributed by atoms with Gasteiger partial charge in [-0.05, 0) is 55.3 Å². The van der Waals surface area contributed by atoms with Gasteiger partial charge in [0.1, 0.15) is 4.90 Å². The van der Waals surface area contributed by atoms with Crippen LogP contribution in [0.4, 0.5) is 5.82 Å². The minimum Gasteiger partial charge on any atom is -0.352 e. The highest BCUT2D eigenvalue weighted by atomic mass is 35.5. The van der Waals surface area contributed by atoms with Crippen LogP contribution in [0.15, 0.2) is 59.5 Å². The fraction of sp³-hybridized carbons (Fsp3) is 0.273. The topological polar surface area (TPSA) is 66.4 Å². The summed E-state index contributed by atoms with van der Waals surface area (Å²) < 4.78 is 27.3. The molecule has 4 rings (SSSR count). The zero-order valence-electron chi connectivity index (χ0n) is 16.9. The molecule has 0 amide bonds. The lowest BCUT2D eigenvalue weighted by Crippen LogP contribution is -2.49. The van der Waals surface area contributed by atoms with E-state index in [0.717, 1.165) is 17.1 Å². The first kappa shape index (κ1) is 20.8. The number of aromatic nitrogens is 2. The minimum atomic E-state index is -3.61. The first-order valence-electron chi connectivity index (χ1n) is 9.77. The summed E-state index contributed by atoms with van der Waals surface area (Å²) in [4.78, 5) is 2.20. The molecular formula is C22H23ClN4O2S. The van der Waals surface area contributed by atoms with E-state index in [9.17, 15) is 8.42 Å². The molecule has 3 aromatic rings. The summed E-state index contributed by atoms with van der Waals surface area (Å²) in [5.74, 6) is 0.748. The second-order valence-corrected chi connectivity index (χ2v) is 9.71. The van der Waals surface area contributed by atoms with Gasteiger partial charge in [0.25, 0.3) is 0 Å². The van der Waals surface area contributed by atoms with Gasteiger partial charge in [0.15, 0.2) is 5.82 Å². The molecule has 8 heteroatoms. The Morgan fingerprint density at radius 3 is 2.23 bits per heavy atom. The number of hydrogen-bond donors (Lipinski definition) is 0. The zero-order valence-corrected chi connectivity index (χ0v) is 18.5. The van der Waals surface area contributed by atoms with Crippen molar-refractivity contribution in [3.63, 3.8) is 0 Å². The van der Waals surface area contributed by atoms with Crippen molar-refractivity contribution in [2.45, 2.75) is 18.7 Å². The average molecular weight is 443 g/mol. The highest BCUT2D eigenvalue weighted by Gasteiger charge is 2.30. The Balaban J connectivity index is 1.45. The van der Waals surface area contributed by atoms with Crippen LogP contribution < -0.4 is 4.90 Å². The molecule has 1 aliphatic rings. The molecule has 6 nitrogen and oxygen atoms in total. The highest BCUT2D eigenvalue weighted by Crippen LogP contribution is 2.26. The van der Waals surface area contributed by atoms with Gasteiger partial charge >= 0.3 is 0 Å². The van der Waals surface area contributed by atoms with E-state index in [-0.39, 0.29) is 9.92 Å². The van der Waals surface area contributed by atoms with E-state index in [1.54, 1.807) is 24.3 Å². The van der Waals surface area contributed by atoms with E-state index in [1.165, 1.54) is 15.4 Å². The number of rotatable bonds is 4. The van der Waals surface area contributed by atoms with Crippen molar-refractivity contribution in [3.8, 4) is 11.3 Å². The molecule has 0 N–H and O–H groups in total. The van der Waals surface area contributed by atoms with E-state index < -0.39 is 10.0 Å². The van der Waals surface area contributed by atoms with Crippen molar-refractivity contribution in [1.29, 1.82) is 0 Å². The molecule has 0 spiro atoms. The summed E-state index contributed by atoms with van der Waals surface area (Å²) in [7, 11) is -3.61. The molecule has 1 fully saturated rings. The third-order valence-electron chi connectivity index (χ3n) is 5.47. The zero-order chi connectivity index (χ0) is 21.3. The molecule has 156 valence electrons. The molecule has 2 heterocycles. The van der Waals surface area contributed by atoms with Gasteiger partial charge in [-0.15, -0.1) is 10.2 Å². The summed E-state index contributed by atoms with van der Waals surface area (Å²) in [5.41, 5.74) is 4.32. The van der Waals surface area contributed by atoms with Crippen LogP contribution in [0.25, 0.3) is 11.3 Å². The van der Waals surface area contributed by atoms with Crippen LogP contribution >= 0.6 is 11.6 Å². The molecule has 0 unspecified atom stereocenters. The van der Waals surface area contributed by atoms with Crippen LogP contribution in [0.1, 0.15) is 11.1 Å². The van der Waals surface area contributed by atoms with Crippen molar-refractivity contribution in [3.05, 3.63) is 70.7 Å². The van der Waals surface area contributed by atoms with Gasteiger partial charge < -0.3 is 4.90 Å². The van der Waals surface area contributed by atoms with Gasteiger partial charge in [0.05, 0.1) is 10.7 Å². The summed E-state index contributed by atoms with van der Waals surface area (Å²) in [6.07, 6.45) is 0. The maximum Gasteiger partial charge on any atom is 0.244 e. The molecule has 2 aromatic carbocycles. The van der Waals surface area contributed by atoms with Crippen LogP contribution in [-0.2, 0) is 10.0 Å². The molecule has 0 aliphatic carbocycles. The lowest BCUT2D eigenvalue weighted by atomic mass is 10.0. The predicted octanol–water partition coefficient (Wildman–Crippen LogP) is 3.92. The SMILES string of the molecule is Cc1ccc(-c2ccc(N3CCN(S(=O)(=O)c4ccccc4Cl)CC3)nn2)cc1C. The summed E-state index contributed by atoms with van der Waals surface area (Å²) in [5, 5.41) is 9.00. The van der Waals surface area contributed by atoms with Gasteiger partial charge in [-0.25, -0.2) is 8.42 Å². The lowest BCUT2D eigenvalue weighted by Gasteiger charge is -2.34. The van der Waals surface area contributed by atoms with Gasteiger partial charge in [-0.1, -0.05) is 35.9 Å². The fourth-order valence-electron chi connectivity index (χ4n) is 3.50. The van der Waals surface area contributed by atoms with Crippen LogP contribution in [0.5, 0.6) is 0 Å². The first-order chi connectivity index (χ1) is 14.4. The Labute approximate surface area is 182 Å². The number of sulfonamides is 1. The van der Waals surface area contributed by atoms with E-state index in [4.69, 9.17) is 11.6 Å². The number of halogens is 1. The van der Waals surface area contributed by atoms with Crippen molar-refractivity contribution in [2.24, 2.45) is 0 Å². The number of aryl methyl sites for hydroxylation is 2. The summed E-state index contributed by atoms with van der Waals surface area (Å²) in [6, 6.07) is 16.7. The van der Waals surface area contributed by atoms with Crippen molar-refractivity contribution < 1.29 is 8.42 Å². The smallest absolute Gasteiger partial charge is 0.244 e. The summed E-state index contributed by atoms with van der Waals surface area (Å²) >= 11 is 6.10. The van der Waals surface area contributed by atoms with Crippen LogP contribution in [0.3, 0.4) is 0 Å². The molecule has 0 saturated carbocycles. The molecule has 0 bridgehead atoms. The van der Waals surface area contributed by atoms with E-state index >= 15 is 0 Å². The quantitative estimate of drug-likeness (QED) is 0.612. The molecule has 1 aliphatic heterocycles. The number of anilines is 1.